The van der Waals surface area contributed by atoms with Gasteiger partial charge in [0.1, 0.15) is 0 Å². The van der Waals surface area contributed by atoms with Gasteiger partial charge in [-0.25, -0.2) is 0 Å². The maximum absolute atomic E-state index is 12.8. The normalized spacial score (nSPS) is 17.3. The Morgan fingerprint density at radius 3 is 2.65 bits per heavy atom. The first-order valence-corrected chi connectivity index (χ1v) is 8.19. The Kier molecular flexibility index (Phi) is 5.49. The van der Waals surface area contributed by atoms with Crippen molar-refractivity contribution in [2.75, 3.05) is 33.2 Å². The van der Waals surface area contributed by atoms with Gasteiger partial charge in [-0.3, -0.25) is 4.79 Å². The molecule has 0 aromatic heterocycles. The lowest BCUT2D eigenvalue weighted by molar-refractivity contribution is 0.0759. The molecule has 1 aromatic carbocycles. The van der Waals surface area contributed by atoms with Crippen molar-refractivity contribution < 1.29 is 4.79 Å². The van der Waals surface area contributed by atoms with Crippen LogP contribution in [0.15, 0.2) is 29.2 Å². The van der Waals surface area contributed by atoms with Crippen LogP contribution in [0, 0.1) is 0 Å². The van der Waals surface area contributed by atoms with E-state index >= 15 is 0 Å². The summed E-state index contributed by atoms with van der Waals surface area (Å²) in [5.74, 6) is 0.184. The van der Waals surface area contributed by atoms with E-state index in [1.807, 2.05) is 23.1 Å². The van der Waals surface area contributed by atoms with Crippen molar-refractivity contribution in [3.05, 3.63) is 29.8 Å². The molecule has 0 bridgehead atoms. The van der Waals surface area contributed by atoms with E-state index in [-0.39, 0.29) is 5.91 Å². The molecule has 0 saturated carbocycles. The van der Waals surface area contributed by atoms with E-state index in [2.05, 4.69) is 31.9 Å². The minimum Gasteiger partial charge on any atom is -0.337 e. The third-order valence-corrected chi connectivity index (χ3v) is 4.57. The molecule has 110 valence electrons. The van der Waals surface area contributed by atoms with Gasteiger partial charge >= 0.3 is 0 Å². The van der Waals surface area contributed by atoms with Crippen molar-refractivity contribution >= 4 is 17.7 Å². The highest BCUT2D eigenvalue weighted by Gasteiger charge is 2.21. The molecule has 1 aliphatic heterocycles. The molecule has 0 N–H and O–H groups in total. The fraction of sp³-hybridized carbons (Fsp3) is 0.562. The van der Waals surface area contributed by atoms with Crippen LogP contribution in [0.3, 0.4) is 0 Å². The number of likely N-dealkylation sites (N-methyl/N-ethyl adjacent to an activating group) is 1. The first-order chi connectivity index (χ1) is 9.58. The zero-order chi connectivity index (χ0) is 14.5. The second-order valence-corrected chi connectivity index (χ2v) is 7.23. The summed E-state index contributed by atoms with van der Waals surface area (Å²) in [5, 5.41) is 0.485. The standard InChI is InChI=1S/C16H24N2OS/c1-13(2)20-15-8-5-4-7-14(15)16(19)18-10-6-9-17(3)11-12-18/h4-5,7-8,13H,6,9-12H2,1-3H3. The van der Waals surface area contributed by atoms with Gasteiger partial charge in [0.25, 0.3) is 5.91 Å². The van der Waals surface area contributed by atoms with E-state index in [1.54, 1.807) is 11.8 Å². The highest BCUT2D eigenvalue weighted by atomic mass is 32.2. The minimum absolute atomic E-state index is 0.184. The lowest BCUT2D eigenvalue weighted by Crippen LogP contribution is -2.34. The van der Waals surface area contributed by atoms with Crippen molar-refractivity contribution in [2.24, 2.45) is 0 Å². The van der Waals surface area contributed by atoms with Crippen LogP contribution in [-0.4, -0.2) is 54.2 Å². The molecular formula is C16H24N2OS. The zero-order valence-electron chi connectivity index (χ0n) is 12.6. The van der Waals surface area contributed by atoms with Gasteiger partial charge < -0.3 is 9.80 Å². The van der Waals surface area contributed by atoms with Gasteiger partial charge in [-0.1, -0.05) is 26.0 Å². The van der Waals surface area contributed by atoms with Crippen LogP contribution in [0.2, 0.25) is 0 Å². The maximum atomic E-state index is 12.8. The van der Waals surface area contributed by atoms with Gasteiger partial charge in [0.15, 0.2) is 0 Å². The summed E-state index contributed by atoms with van der Waals surface area (Å²) >= 11 is 1.77. The summed E-state index contributed by atoms with van der Waals surface area (Å²) < 4.78 is 0. The molecule has 1 aromatic rings. The highest BCUT2D eigenvalue weighted by molar-refractivity contribution is 8.00. The van der Waals surface area contributed by atoms with Gasteiger partial charge in [0.2, 0.25) is 0 Å². The SMILES string of the molecule is CC(C)Sc1ccccc1C(=O)N1CCCN(C)CC1. The van der Waals surface area contributed by atoms with Crippen LogP contribution < -0.4 is 0 Å². The van der Waals surface area contributed by atoms with Crippen LogP contribution >= 0.6 is 11.8 Å². The Morgan fingerprint density at radius 2 is 1.90 bits per heavy atom. The number of carbonyl (C=O) groups is 1. The van der Waals surface area contributed by atoms with Crippen LogP contribution in [0.25, 0.3) is 0 Å². The van der Waals surface area contributed by atoms with E-state index < -0.39 is 0 Å². The fourth-order valence-corrected chi connectivity index (χ4v) is 3.37. The molecule has 2 rings (SSSR count). The average Bonchev–Trinajstić information content (AvgIpc) is 2.63. The molecule has 4 heteroatoms. The number of hydrogen-bond donors (Lipinski definition) is 0. The van der Waals surface area contributed by atoms with Crippen molar-refractivity contribution in [3.63, 3.8) is 0 Å². The summed E-state index contributed by atoms with van der Waals surface area (Å²) in [6.07, 6.45) is 1.06. The molecule has 1 aliphatic rings. The van der Waals surface area contributed by atoms with Gasteiger partial charge in [-0.05, 0) is 32.1 Å². The maximum Gasteiger partial charge on any atom is 0.255 e. The molecule has 3 nitrogen and oxygen atoms in total. The second-order valence-electron chi connectivity index (χ2n) is 5.61. The van der Waals surface area contributed by atoms with E-state index in [0.29, 0.717) is 5.25 Å². The molecule has 1 heterocycles. The Labute approximate surface area is 126 Å². The topological polar surface area (TPSA) is 23.6 Å². The monoisotopic (exact) mass is 292 g/mol. The molecule has 1 amide bonds. The molecule has 0 spiro atoms. The van der Waals surface area contributed by atoms with Crippen LogP contribution in [-0.2, 0) is 0 Å². The number of benzene rings is 1. The molecule has 0 unspecified atom stereocenters. The number of hydrogen-bond acceptors (Lipinski definition) is 3. The summed E-state index contributed by atoms with van der Waals surface area (Å²) in [4.78, 5) is 18.2. The smallest absolute Gasteiger partial charge is 0.255 e. The predicted molar refractivity (Wildman–Crippen MR) is 85.5 cm³/mol. The first-order valence-electron chi connectivity index (χ1n) is 7.31. The van der Waals surface area contributed by atoms with E-state index in [9.17, 15) is 4.79 Å². The number of nitrogens with zero attached hydrogens (tertiary/aromatic N) is 2. The highest BCUT2D eigenvalue weighted by Crippen LogP contribution is 2.27. The molecule has 0 radical (unpaired) electrons. The number of thioether (sulfide) groups is 1. The van der Waals surface area contributed by atoms with Gasteiger partial charge in [-0.2, -0.15) is 0 Å². The quantitative estimate of drug-likeness (QED) is 0.800. The number of amides is 1. The molecule has 20 heavy (non-hydrogen) atoms. The van der Waals surface area contributed by atoms with Gasteiger partial charge in [-0.15, -0.1) is 11.8 Å². The predicted octanol–water partition coefficient (Wildman–Crippen LogP) is 2.96. The lowest BCUT2D eigenvalue weighted by atomic mass is 10.2. The fourth-order valence-electron chi connectivity index (χ4n) is 2.42. The van der Waals surface area contributed by atoms with Gasteiger partial charge in [0, 0.05) is 29.8 Å². The molecule has 0 atom stereocenters. The summed E-state index contributed by atoms with van der Waals surface area (Å²) in [5.41, 5.74) is 0.857. The molecule has 0 aliphatic carbocycles. The Balaban J connectivity index is 2.15. The third kappa shape index (κ3) is 4.00. The third-order valence-electron chi connectivity index (χ3n) is 3.49. The molecule has 1 fully saturated rings. The molecular weight excluding hydrogens is 268 g/mol. The average molecular weight is 292 g/mol. The number of carbonyl (C=O) groups excluding carboxylic acids is 1. The van der Waals surface area contributed by atoms with Crippen molar-refractivity contribution in [1.29, 1.82) is 0 Å². The number of rotatable bonds is 3. The van der Waals surface area contributed by atoms with Crippen molar-refractivity contribution in [3.8, 4) is 0 Å². The van der Waals surface area contributed by atoms with E-state index in [4.69, 9.17) is 0 Å². The first kappa shape index (κ1) is 15.4. The van der Waals surface area contributed by atoms with Crippen LogP contribution in [0.5, 0.6) is 0 Å². The second kappa shape index (κ2) is 7.14. The largest absolute Gasteiger partial charge is 0.337 e. The van der Waals surface area contributed by atoms with Crippen LogP contribution in [0.4, 0.5) is 0 Å². The Morgan fingerprint density at radius 1 is 1.15 bits per heavy atom. The van der Waals surface area contributed by atoms with Crippen molar-refractivity contribution in [2.45, 2.75) is 30.4 Å². The van der Waals surface area contributed by atoms with E-state index in [0.717, 1.165) is 43.1 Å². The van der Waals surface area contributed by atoms with Gasteiger partial charge in [0.05, 0.1) is 5.56 Å². The summed E-state index contributed by atoms with van der Waals surface area (Å²) in [6, 6.07) is 7.99. The van der Waals surface area contributed by atoms with Crippen LogP contribution in [0.1, 0.15) is 30.6 Å². The Hall–Kier alpha value is -1.00. The van der Waals surface area contributed by atoms with E-state index in [1.165, 1.54) is 0 Å². The molecule has 1 saturated heterocycles. The Bertz CT molecular complexity index is 462. The summed E-state index contributed by atoms with van der Waals surface area (Å²) in [6.45, 7) is 8.05. The lowest BCUT2D eigenvalue weighted by Gasteiger charge is -2.22. The minimum atomic E-state index is 0.184. The zero-order valence-corrected chi connectivity index (χ0v) is 13.4. The summed E-state index contributed by atoms with van der Waals surface area (Å²) in [7, 11) is 2.12. The van der Waals surface area contributed by atoms with Crippen molar-refractivity contribution in [1.82, 2.24) is 9.80 Å².